The van der Waals surface area contributed by atoms with Crippen LogP contribution in [-0.4, -0.2) is 35.5 Å². The van der Waals surface area contributed by atoms with E-state index < -0.39 is 23.8 Å². The lowest BCUT2D eigenvalue weighted by molar-refractivity contribution is -0.274. The fraction of sp³-hybridized carbons (Fsp3) is 0.381. The van der Waals surface area contributed by atoms with Crippen LogP contribution in [0.25, 0.3) is 0 Å². The number of hydrogen-bond donors (Lipinski definition) is 2. The minimum Gasteiger partial charge on any atom is -0.441 e. The van der Waals surface area contributed by atoms with Crippen LogP contribution in [0.1, 0.15) is 25.7 Å². The lowest BCUT2D eigenvalue weighted by atomic mass is 9.78. The third kappa shape index (κ3) is 4.71. The van der Waals surface area contributed by atoms with Crippen LogP contribution >= 0.6 is 0 Å². The molecule has 8 nitrogen and oxygen atoms in total. The zero-order chi connectivity index (χ0) is 22.9. The summed E-state index contributed by atoms with van der Waals surface area (Å²) in [6.07, 6.45) is -0.0309. The van der Waals surface area contributed by atoms with Gasteiger partial charge in [0, 0.05) is 18.2 Å². The van der Waals surface area contributed by atoms with Crippen molar-refractivity contribution in [1.29, 1.82) is 0 Å². The van der Waals surface area contributed by atoms with E-state index >= 15 is 0 Å². The molecule has 1 spiro atoms. The van der Waals surface area contributed by atoms with Crippen molar-refractivity contribution in [3.05, 3.63) is 42.7 Å². The van der Waals surface area contributed by atoms with E-state index in [0.717, 1.165) is 12.1 Å². The van der Waals surface area contributed by atoms with Gasteiger partial charge in [0.05, 0.1) is 29.8 Å². The average Bonchev–Trinajstić information content (AvgIpc) is 3.05. The third-order valence-electron chi connectivity index (χ3n) is 5.71. The fourth-order valence-corrected chi connectivity index (χ4v) is 4.09. The van der Waals surface area contributed by atoms with Crippen LogP contribution in [0, 0.1) is 5.92 Å². The van der Waals surface area contributed by atoms with Crippen molar-refractivity contribution in [3.8, 4) is 5.75 Å². The van der Waals surface area contributed by atoms with Gasteiger partial charge in [0.15, 0.2) is 0 Å². The first-order chi connectivity index (χ1) is 15.1. The molecular weight excluding hydrogens is 429 g/mol. The Bertz CT molecular complexity index is 1010. The van der Waals surface area contributed by atoms with Gasteiger partial charge in [0.2, 0.25) is 5.91 Å². The van der Waals surface area contributed by atoms with Gasteiger partial charge in [-0.2, -0.15) is 0 Å². The second kappa shape index (κ2) is 8.21. The van der Waals surface area contributed by atoms with E-state index in [9.17, 15) is 22.8 Å². The van der Waals surface area contributed by atoms with Crippen molar-refractivity contribution in [3.63, 3.8) is 0 Å². The molecular formula is C21H21F3N4O4. The number of ether oxygens (including phenoxy) is 2. The Balaban J connectivity index is 1.35. The van der Waals surface area contributed by atoms with Crippen LogP contribution in [0.2, 0.25) is 0 Å². The van der Waals surface area contributed by atoms with Crippen LogP contribution in [0.4, 0.5) is 35.0 Å². The lowest BCUT2D eigenvalue weighted by Gasteiger charge is -2.34. The van der Waals surface area contributed by atoms with Crippen LogP contribution in [0.5, 0.6) is 5.75 Å². The first-order valence-corrected chi connectivity index (χ1v) is 10.0. The molecule has 2 fully saturated rings. The quantitative estimate of drug-likeness (QED) is 0.680. The molecule has 170 valence electrons. The predicted octanol–water partition coefficient (Wildman–Crippen LogP) is 4.09. The van der Waals surface area contributed by atoms with E-state index in [1.165, 1.54) is 6.07 Å². The molecule has 2 aromatic rings. The SMILES string of the molecule is Nc1cc(OC(F)(F)F)ccc1NC(=O)[C@H]1CC[C@]2(CC1)CN(c1cccnc1)C(=O)O2. The number of amides is 2. The third-order valence-corrected chi connectivity index (χ3v) is 5.71. The van der Waals surface area contributed by atoms with E-state index in [0.29, 0.717) is 37.9 Å². The van der Waals surface area contributed by atoms with E-state index in [4.69, 9.17) is 10.5 Å². The average molecular weight is 450 g/mol. The Morgan fingerprint density at radius 3 is 2.66 bits per heavy atom. The minimum atomic E-state index is -4.83. The smallest absolute Gasteiger partial charge is 0.441 e. The first kappa shape index (κ1) is 21.7. The number of nitrogens with two attached hydrogens (primary N) is 1. The molecule has 11 heteroatoms. The number of anilines is 3. The molecule has 1 aromatic heterocycles. The van der Waals surface area contributed by atoms with Gasteiger partial charge in [-0.05, 0) is 49.9 Å². The van der Waals surface area contributed by atoms with Gasteiger partial charge < -0.3 is 20.5 Å². The summed E-state index contributed by atoms with van der Waals surface area (Å²) < 4.78 is 46.5. The number of nitrogen functional groups attached to an aromatic ring is 1. The Labute approximate surface area is 181 Å². The highest BCUT2D eigenvalue weighted by atomic mass is 19.4. The summed E-state index contributed by atoms with van der Waals surface area (Å²) >= 11 is 0. The normalized spacial score (nSPS) is 23.2. The molecule has 0 atom stereocenters. The topological polar surface area (TPSA) is 107 Å². The summed E-state index contributed by atoms with van der Waals surface area (Å²) in [5.74, 6) is -1.09. The van der Waals surface area contributed by atoms with Crippen molar-refractivity contribution in [2.24, 2.45) is 5.92 Å². The number of alkyl halides is 3. The maximum Gasteiger partial charge on any atom is 0.573 e. The van der Waals surface area contributed by atoms with Crippen LogP contribution in [0.3, 0.4) is 0 Å². The second-order valence-corrected chi connectivity index (χ2v) is 7.91. The van der Waals surface area contributed by atoms with Gasteiger partial charge >= 0.3 is 12.5 Å². The number of hydrogen-bond acceptors (Lipinski definition) is 6. The highest BCUT2D eigenvalue weighted by molar-refractivity contribution is 5.95. The van der Waals surface area contributed by atoms with Crippen LogP contribution in [0.15, 0.2) is 42.7 Å². The number of benzene rings is 1. The molecule has 1 saturated carbocycles. The summed E-state index contributed by atoms with van der Waals surface area (Å²) in [6.45, 7) is 0.388. The van der Waals surface area contributed by atoms with E-state index in [1.54, 1.807) is 29.4 Å². The van der Waals surface area contributed by atoms with Crippen molar-refractivity contribution in [2.75, 3.05) is 22.5 Å². The molecule has 2 amide bonds. The van der Waals surface area contributed by atoms with Crippen molar-refractivity contribution in [2.45, 2.75) is 37.6 Å². The van der Waals surface area contributed by atoms with E-state index in [2.05, 4.69) is 15.0 Å². The van der Waals surface area contributed by atoms with Crippen LogP contribution in [-0.2, 0) is 9.53 Å². The zero-order valence-corrected chi connectivity index (χ0v) is 16.9. The molecule has 1 aromatic carbocycles. The Morgan fingerprint density at radius 1 is 1.28 bits per heavy atom. The molecule has 1 aliphatic carbocycles. The monoisotopic (exact) mass is 450 g/mol. The number of nitrogens with zero attached hydrogens (tertiary/aromatic N) is 2. The first-order valence-electron chi connectivity index (χ1n) is 10.0. The Hall–Kier alpha value is -3.50. The highest BCUT2D eigenvalue weighted by Crippen LogP contribution is 2.41. The maximum atomic E-state index is 12.7. The van der Waals surface area contributed by atoms with E-state index in [-0.39, 0.29) is 23.2 Å². The van der Waals surface area contributed by atoms with Gasteiger partial charge in [0.25, 0.3) is 0 Å². The fourth-order valence-electron chi connectivity index (χ4n) is 4.09. The minimum absolute atomic E-state index is 0.0378. The van der Waals surface area contributed by atoms with Crippen molar-refractivity contribution in [1.82, 2.24) is 4.98 Å². The number of carbonyl (C=O) groups excluding carboxylic acids is 2. The number of halogens is 3. The second-order valence-electron chi connectivity index (χ2n) is 7.91. The Kier molecular flexibility index (Phi) is 5.57. The highest BCUT2D eigenvalue weighted by Gasteiger charge is 2.48. The zero-order valence-electron chi connectivity index (χ0n) is 16.9. The summed E-state index contributed by atoms with van der Waals surface area (Å²) in [6, 6.07) is 6.87. The van der Waals surface area contributed by atoms with Crippen molar-refractivity contribution >= 4 is 29.1 Å². The van der Waals surface area contributed by atoms with Gasteiger partial charge in [-0.15, -0.1) is 13.2 Å². The van der Waals surface area contributed by atoms with Gasteiger partial charge in [-0.1, -0.05) is 0 Å². The molecule has 0 bridgehead atoms. The number of carbonyl (C=O) groups is 2. The summed E-state index contributed by atoms with van der Waals surface area (Å²) in [7, 11) is 0. The molecule has 0 unspecified atom stereocenters. The number of aromatic nitrogens is 1. The number of rotatable bonds is 4. The maximum absolute atomic E-state index is 12.7. The lowest BCUT2D eigenvalue weighted by Crippen LogP contribution is -2.41. The van der Waals surface area contributed by atoms with Crippen molar-refractivity contribution < 1.29 is 32.2 Å². The predicted molar refractivity (Wildman–Crippen MR) is 109 cm³/mol. The molecule has 3 N–H and O–H groups in total. The van der Waals surface area contributed by atoms with Gasteiger partial charge in [-0.25, -0.2) is 4.79 Å². The summed E-state index contributed by atoms with van der Waals surface area (Å²) in [5, 5.41) is 2.67. The molecule has 2 aliphatic rings. The molecule has 1 saturated heterocycles. The van der Waals surface area contributed by atoms with Gasteiger partial charge in [-0.3, -0.25) is 14.7 Å². The largest absolute Gasteiger partial charge is 0.573 e. The number of pyridine rings is 1. The standard InChI is InChI=1S/C21H21F3N4O4/c22-21(23,24)31-15-3-4-17(16(25)10-15)27-18(29)13-5-7-20(8-6-13)12-28(19(30)32-20)14-2-1-9-26-11-14/h1-4,9-11,13H,5-8,12,25H2,(H,27,29)/t13-,20-. The van der Waals surface area contributed by atoms with Crippen LogP contribution < -0.4 is 20.7 Å². The molecule has 2 heterocycles. The van der Waals surface area contributed by atoms with Gasteiger partial charge in [0.1, 0.15) is 11.4 Å². The van der Waals surface area contributed by atoms with E-state index in [1.807, 2.05) is 0 Å². The summed E-state index contributed by atoms with van der Waals surface area (Å²) in [4.78, 5) is 30.6. The Morgan fingerprint density at radius 2 is 2.03 bits per heavy atom. The molecule has 4 rings (SSSR count). The molecule has 32 heavy (non-hydrogen) atoms. The molecule has 1 aliphatic heterocycles. The number of nitrogens with one attached hydrogen (secondary N) is 1. The summed E-state index contributed by atoms with van der Waals surface area (Å²) in [5.41, 5.74) is 5.94. The molecule has 0 radical (unpaired) electrons.